The van der Waals surface area contributed by atoms with E-state index in [1.165, 1.54) is 0 Å². The molecule has 0 aliphatic rings. The van der Waals surface area contributed by atoms with Crippen molar-refractivity contribution >= 4 is 214 Å². The van der Waals surface area contributed by atoms with Gasteiger partial charge in [0.2, 0.25) is 24.2 Å². The Morgan fingerprint density at radius 3 is 0.429 bits per heavy atom. The van der Waals surface area contributed by atoms with Crippen LogP contribution in [0.4, 0.5) is 0 Å². The minimum absolute atomic E-state index is 0. The van der Waals surface area contributed by atoms with Crippen LogP contribution < -0.4 is 45.0 Å². The van der Waals surface area contributed by atoms with Crippen molar-refractivity contribution in [3.63, 3.8) is 0 Å². The van der Waals surface area contributed by atoms with Crippen LogP contribution in [-0.2, 0) is 76.7 Å². The molecule has 0 radical (unpaired) electrons. The molecule has 0 aromatic carbocycles. The summed E-state index contributed by atoms with van der Waals surface area (Å²) in [5, 5.41) is 149. The standard InChI is InChI=1S/4C10H13NO8.4H3N.4Na.4H/c4*1-2-6(10(18)19)11(3-7(12)13,4-8(14)15)5-9(16)17;;;;;;;;;;;;/h4*2,6H,1,3-5H2,(H3-,12,13,14,15,16,17,18,19);4*1H3;;;;;;;;. The molecular weight excluding hydrogens is 1200 g/mol. The molecule has 0 saturated heterocycles. The molecule has 0 amide bonds. The fourth-order valence-electron chi connectivity index (χ4n) is 7.27. The van der Waals surface area contributed by atoms with Gasteiger partial charge in [0.25, 0.3) is 0 Å². The number of nitrogens with zero attached hydrogens (tertiary/aromatic N) is 4. The summed E-state index contributed by atoms with van der Waals surface area (Å²) >= 11 is 0. The van der Waals surface area contributed by atoms with Crippen LogP contribution in [0.5, 0.6) is 0 Å². The summed E-state index contributed by atoms with van der Waals surface area (Å²) in [5.74, 6) is -25.6. The summed E-state index contributed by atoms with van der Waals surface area (Å²) in [6.45, 7) is 0.452. The molecule has 0 heterocycles. The predicted molar refractivity (Wildman–Crippen MR) is 276 cm³/mol. The van der Waals surface area contributed by atoms with Gasteiger partial charge in [-0.2, -0.15) is 0 Å². The summed E-state index contributed by atoms with van der Waals surface area (Å²) in [7, 11) is 0. The van der Waals surface area contributed by atoms with Gasteiger partial charge in [0, 0.05) is 0 Å². The molecule has 0 saturated carbocycles. The van der Waals surface area contributed by atoms with Gasteiger partial charge in [-0.05, 0) is 24.3 Å². The second-order valence-corrected chi connectivity index (χ2v) is 15.5. The van der Waals surface area contributed by atoms with E-state index in [2.05, 4.69) is 26.3 Å². The molecule has 0 aliphatic heterocycles. The van der Waals surface area contributed by atoms with Crippen molar-refractivity contribution in [3.05, 3.63) is 50.6 Å². The van der Waals surface area contributed by atoms with Gasteiger partial charge in [0.1, 0.15) is 26.2 Å². The van der Waals surface area contributed by atoms with Gasteiger partial charge < -0.3 is 125 Å². The minimum atomic E-state index is -1.81. The number of carboxylic acids is 16. The zero-order valence-corrected chi connectivity index (χ0v) is 42.1. The van der Waals surface area contributed by atoms with Crippen molar-refractivity contribution in [2.75, 3.05) is 78.5 Å². The topological polar surface area (TPSA) is 748 Å². The number of hydrogen-bond donors (Lipinski definition) is 16. The molecule has 44 heteroatoms. The number of carbonyl (C=O) groups excluding carboxylic acids is 4. The molecule has 0 aromatic heterocycles. The summed E-state index contributed by atoms with van der Waals surface area (Å²) < 4.78 is -4.98. The normalized spacial score (nSPS) is 11.2. The molecule has 0 rings (SSSR count). The quantitative estimate of drug-likeness (QED) is 0.0157. The third kappa shape index (κ3) is 41.2. The van der Waals surface area contributed by atoms with Crippen LogP contribution in [0.25, 0.3) is 0 Å². The number of quaternary nitrogens is 4. The number of hydrogen-bond acceptors (Lipinski definition) is 24. The number of rotatable bonds is 36. The van der Waals surface area contributed by atoms with Crippen LogP contribution in [0.2, 0.25) is 0 Å². The fourth-order valence-corrected chi connectivity index (χ4v) is 7.27. The zero-order chi connectivity index (χ0) is 60.9. The Morgan fingerprint density at radius 2 is 0.357 bits per heavy atom. The molecule has 0 aromatic rings. The first-order valence-electron chi connectivity index (χ1n) is 20.0. The van der Waals surface area contributed by atoms with E-state index in [1.54, 1.807) is 0 Å². The maximum atomic E-state index is 11.1. The van der Waals surface area contributed by atoms with Crippen molar-refractivity contribution in [1.82, 2.24) is 24.6 Å². The average molecular weight is 1260 g/mol. The number of carboxylic acid groups (broad SMARTS) is 16. The van der Waals surface area contributed by atoms with Crippen LogP contribution in [0.1, 0.15) is 0 Å². The predicted octanol–water partition coefficient (Wildman–Crippen LogP) is -12.5. The third-order valence-corrected chi connectivity index (χ3v) is 9.64. The average Bonchev–Trinajstić information content (AvgIpc) is 3.15. The van der Waals surface area contributed by atoms with Crippen LogP contribution in [0, 0.1) is 0 Å². The monoisotopic (exact) mass is 1260 g/mol. The van der Waals surface area contributed by atoms with Crippen molar-refractivity contribution < 1.29 is 176 Å². The molecule has 0 fully saturated rings. The molecule has 0 bridgehead atoms. The SMILES string of the molecule is C=CC(C(=O)O)[N+](CC(=O)O)(CC(=O)O)CC(=O)O.C=CC(C(=O)O)[N+](CC(=O)O)(CC(=O)O)CC(=O)O.C=CC(C(=O)O)[N+](CC(=O)[O-])(CC(=O)O)CC(=O)O.C=CC(C(=O)O)[N+](CC(=O)[O-])(CC(=O)[O-])CC(=O)[O-].N.N.N.N.[NaH].[NaH].[NaH].[NaH]. The first-order chi connectivity index (χ1) is 34.6. The van der Waals surface area contributed by atoms with E-state index in [0.717, 1.165) is 24.3 Å². The molecule has 24 N–H and O–H groups in total. The first kappa shape index (κ1) is 106. The van der Waals surface area contributed by atoms with E-state index in [4.69, 9.17) is 61.3 Å². The summed E-state index contributed by atoms with van der Waals surface area (Å²) in [5.41, 5.74) is 0. The van der Waals surface area contributed by atoms with Gasteiger partial charge in [-0.1, -0.05) is 26.3 Å². The van der Waals surface area contributed by atoms with E-state index in [0.29, 0.717) is 0 Å². The van der Waals surface area contributed by atoms with Crippen molar-refractivity contribution in [2.24, 2.45) is 0 Å². The summed E-state index contributed by atoms with van der Waals surface area (Å²) in [4.78, 5) is 173. The van der Waals surface area contributed by atoms with Crippen LogP contribution in [0.3, 0.4) is 0 Å². The van der Waals surface area contributed by atoms with Gasteiger partial charge in [-0.25, -0.2) is 57.5 Å². The Labute approximate surface area is 563 Å². The fraction of sp³-hybridized carbons (Fsp3) is 0.400. The molecule has 0 aliphatic carbocycles. The molecule has 4 atom stereocenters. The Morgan fingerprint density at radius 1 is 0.262 bits per heavy atom. The van der Waals surface area contributed by atoms with E-state index in [9.17, 15) is 97.1 Å². The number of carbonyl (C=O) groups is 16. The number of aliphatic carboxylic acids is 16. The van der Waals surface area contributed by atoms with E-state index < -0.39 is 216 Å². The third-order valence-electron chi connectivity index (χ3n) is 9.64. The van der Waals surface area contributed by atoms with Crippen molar-refractivity contribution in [2.45, 2.75) is 24.2 Å². The Balaban J connectivity index is -0.0000000798. The first-order valence-corrected chi connectivity index (χ1v) is 20.0. The van der Waals surface area contributed by atoms with Crippen LogP contribution in [0.15, 0.2) is 50.6 Å². The Hall–Kier alpha value is -5.84. The van der Waals surface area contributed by atoms with Crippen molar-refractivity contribution in [1.29, 1.82) is 0 Å². The second-order valence-electron chi connectivity index (χ2n) is 15.5. The molecule has 84 heavy (non-hydrogen) atoms. The Bertz CT molecular complexity index is 1850. The Kier molecular flexibility index (Phi) is 63.9. The molecular formula is C40H68N8Na4O32. The molecule has 464 valence electrons. The molecule has 4 unspecified atom stereocenters. The summed E-state index contributed by atoms with van der Waals surface area (Å²) in [6.07, 6.45) is 3.21. The second kappa shape index (κ2) is 50.5. The van der Waals surface area contributed by atoms with Crippen LogP contribution in [-0.4, -0.2) is 396 Å². The van der Waals surface area contributed by atoms with Gasteiger partial charge in [0.15, 0.2) is 52.4 Å². The molecule has 0 spiro atoms. The van der Waals surface area contributed by atoms with E-state index in [1.807, 2.05) is 0 Å². The van der Waals surface area contributed by atoms with Gasteiger partial charge in [-0.3, -0.25) is 17.9 Å². The van der Waals surface area contributed by atoms with Gasteiger partial charge in [0.05, 0.1) is 23.9 Å². The van der Waals surface area contributed by atoms with Crippen molar-refractivity contribution in [3.8, 4) is 0 Å². The zero-order valence-electron chi connectivity index (χ0n) is 42.1. The molecule has 40 nitrogen and oxygen atoms in total. The van der Waals surface area contributed by atoms with Gasteiger partial charge >= 0.3 is 190 Å². The van der Waals surface area contributed by atoms with Gasteiger partial charge in [-0.15, -0.1) is 0 Å². The van der Waals surface area contributed by atoms with E-state index in [-0.39, 0.29) is 143 Å². The van der Waals surface area contributed by atoms with Crippen LogP contribution >= 0.6 is 0 Å². The van der Waals surface area contributed by atoms with E-state index >= 15 is 0 Å². The summed E-state index contributed by atoms with van der Waals surface area (Å²) in [6, 6.07) is -6.76. The maximum absolute atomic E-state index is 11.1.